The average molecular weight is 778 g/mol. The predicted molar refractivity (Wildman–Crippen MR) is 260 cm³/mol. The minimum absolute atomic E-state index is 1.09. The summed E-state index contributed by atoms with van der Waals surface area (Å²) >= 11 is 0. The number of hydrogen-bond donors (Lipinski definition) is 0. The molecule has 0 saturated carbocycles. The van der Waals surface area contributed by atoms with E-state index in [9.17, 15) is 0 Å². The SMILES string of the molecule is c1ccc(N(c2ccc3c(c2)N(c2cccc4ccccc24)c2cccc4c(N(c5ccccc5)c5cccc6ccccc56)ccc-3c24)c2cccc3ccccc23)cc1. The molecule has 61 heavy (non-hydrogen) atoms. The molecule has 0 saturated heterocycles. The molecule has 1 aliphatic rings. The highest BCUT2D eigenvalue weighted by molar-refractivity contribution is 6.20. The Labute approximate surface area is 355 Å². The second-order valence-corrected chi connectivity index (χ2v) is 15.7. The summed E-state index contributed by atoms with van der Waals surface area (Å²) in [6, 6.07) is 86.1. The number of benzene rings is 11. The summed E-state index contributed by atoms with van der Waals surface area (Å²) in [5.41, 5.74) is 12.6. The van der Waals surface area contributed by atoms with Gasteiger partial charge in [0.05, 0.1) is 34.1 Å². The third kappa shape index (κ3) is 5.66. The summed E-state index contributed by atoms with van der Waals surface area (Å²) in [6.07, 6.45) is 0. The van der Waals surface area contributed by atoms with Crippen LogP contribution in [0.1, 0.15) is 0 Å². The highest BCUT2D eigenvalue weighted by Gasteiger charge is 2.30. The summed E-state index contributed by atoms with van der Waals surface area (Å²) in [5.74, 6) is 0. The zero-order chi connectivity index (χ0) is 40.3. The van der Waals surface area contributed by atoms with Gasteiger partial charge in [-0.1, -0.05) is 170 Å². The van der Waals surface area contributed by atoms with Crippen molar-refractivity contribution in [1.29, 1.82) is 0 Å². The van der Waals surface area contributed by atoms with E-state index < -0.39 is 0 Å². The summed E-state index contributed by atoms with van der Waals surface area (Å²) in [4.78, 5) is 7.36. The molecule has 0 amide bonds. The fourth-order valence-electron chi connectivity index (χ4n) is 9.64. The van der Waals surface area contributed by atoms with Gasteiger partial charge in [0.1, 0.15) is 0 Å². The summed E-state index contributed by atoms with van der Waals surface area (Å²) in [7, 11) is 0. The number of fused-ring (bicyclic) bond motifs is 5. The van der Waals surface area contributed by atoms with E-state index in [1.165, 1.54) is 54.2 Å². The molecule has 3 heteroatoms. The largest absolute Gasteiger partial charge is 0.310 e. The summed E-state index contributed by atoms with van der Waals surface area (Å²) in [6.45, 7) is 0. The molecule has 0 aliphatic carbocycles. The van der Waals surface area contributed by atoms with Crippen molar-refractivity contribution in [2.24, 2.45) is 0 Å². The van der Waals surface area contributed by atoms with Crippen molar-refractivity contribution < 1.29 is 0 Å². The zero-order valence-corrected chi connectivity index (χ0v) is 33.4. The van der Waals surface area contributed by atoms with Gasteiger partial charge in [0.15, 0.2) is 0 Å². The maximum Gasteiger partial charge on any atom is 0.0561 e. The quantitative estimate of drug-likeness (QED) is 0.160. The molecule has 0 N–H and O–H groups in total. The molecule has 0 fully saturated rings. The Morgan fingerprint density at radius 1 is 0.262 bits per heavy atom. The predicted octanol–water partition coefficient (Wildman–Crippen LogP) is 16.7. The Kier molecular flexibility index (Phi) is 8.17. The van der Waals surface area contributed by atoms with Gasteiger partial charge in [0.2, 0.25) is 0 Å². The lowest BCUT2D eigenvalue weighted by molar-refractivity contribution is 1.26. The van der Waals surface area contributed by atoms with Crippen LogP contribution in [-0.4, -0.2) is 0 Å². The van der Waals surface area contributed by atoms with Crippen LogP contribution in [0.15, 0.2) is 237 Å². The summed E-state index contributed by atoms with van der Waals surface area (Å²) in [5, 5.41) is 9.65. The monoisotopic (exact) mass is 777 g/mol. The van der Waals surface area contributed by atoms with Crippen molar-refractivity contribution in [2.75, 3.05) is 14.7 Å². The van der Waals surface area contributed by atoms with Crippen LogP contribution in [0.4, 0.5) is 51.2 Å². The van der Waals surface area contributed by atoms with Gasteiger partial charge < -0.3 is 14.7 Å². The van der Waals surface area contributed by atoms with Gasteiger partial charge in [-0.3, -0.25) is 0 Å². The first kappa shape index (κ1) is 34.9. The molecule has 0 atom stereocenters. The lowest BCUT2D eigenvalue weighted by Gasteiger charge is -2.37. The first-order chi connectivity index (χ1) is 30.3. The van der Waals surface area contributed by atoms with E-state index in [2.05, 4.69) is 251 Å². The molecule has 0 radical (unpaired) electrons. The molecule has 1 heterocycles. The van der Waals surface area contributed by atoms with Crippen LogP contribution >= 0.6 is 0 Å². The van der Waals surface area contributed by atoms with E-state index in [1.807, 2.05) is 0 Å². The Morgan fingerprint density at radius 2 is 0.721 bits per heavy atom. The van der Waals surface area contributed by atoms with Gasteiger partial charge in [-0.15, -0.1) is 0 Å². The van der Waals surface area contributed by atoms with E-state index in [0.29, 0.717) is 0 Å². The van der Waals surface area contributed by atoms with Crippen molar-refractivity contribution in [3.63, 3.8) is 0 Å². The second kappa shape index (κ2) is 14.3. The minimum atomic E-state index is 1.09. The van der Waals surface area contributed by atoms with Crippen molar-refractivity contribution in [3.05, 3.63) is 237 Å². The minimum Gasteiger partial charge on any atom is -0.310 e. The standard InChI is InChI=1S/C58H39N3/c1-3-23-43(24-4-1)59(52-31-13-20-40-17-7-10-27-46(40)52)45-35-36-49-50-37-38-55(60(44-25-5-2-6-26-44)53-32-14-21-41-18-8-11-28-47(41)53)51-30-16-34-56(58(50)51)61(57(49)39-45)54-33-15-22-42-19-9-12-29-48(42)54/h1-39H. The Balaban J connectivity index is 1.14. The molecular formula is C58H39N3. The molecular weight excluding hydrogens is 739 g/mol. The van der Waals surface area contributed by atoms with E-state index in [-0.39, 0.29) is 0 Å². The van der Waals surface area contributed by atoms with Crippen LogP contribution in [-0.2, 0) is 0 Å². The Bertz CT molecular complexity index is 3430. The lowest BCUT2D eigenvalue weighted by Crippen LogP contribution is -2.18. The first-order valence-corrected chi connectivity index (χ1v) is 20.9. The Hall–Kier alpha value is -8.14. The van der Waals surface area contributed by atoms with Crippen LogP contribution in [0, 0.1) is 0 Å². The molecule has 11 aromatic rings. The van der Waals surface area contributed by atoms with Gasteiger partial charge in [-0.25, -0.2) is 0 Å². The van der Waals surface area contributed by atoms with Gasteiger partial charge >= 0.3 is 0 Å². The van der Waals surface area contributed by atoms with Crippen LogP contribution in [0.25, 0.3) is 54.2 Å². The van der Waals surface area contributed by atoms with E-state index in [4.69, 9.17) is 0 Å². The van der Waals surface area contributed by atoms with E-state index in [1.54, 1.807) is 0 Å². The topological polar surface area (TPSA) is 9.72 Å². The average Bonchev–Trinajstić information content (AvgIpc) is 3.33. The van der Waals surface area contributed by atoms with Crippen LogP contribution in [0.2, 0.25) is 0 Å². The van der Waals surface area contributed by atoms with Crippen molar-refractivity contribution >= 4 is 94.3 Å². The van der Waals surface area contributed by atoms with Gasteiger partial charge in [-0.2, -0.15) is 0 Å². The number of para-hydroxylation sites is 2. The molecule has 0 unspecified atom stereocenters. The van der Waals surface area contributed by atoms with E-state index >= 15 is 0 Å². The van der Waals surface area contributed by atoms with E-state index in [0.717, 1.165) is 51.2 Å². The van der Waals surface area contributed by atoms with Gasteiger partial charge in [0.25, 0.3) is 0 Å². The van der Waals surface area contributed by atoms with Gasteiger partial charge in [-0.05, 0) is 88.5 Å². The van der Waals surface area contributed by atoms with Crippen LogP contribution < -0.4 is 14.7 Å². The third-order valence-corrected chi connectivity index (χ3v) is 12.3. The molecule has 11 aromatic carbocycles. The fourth-order valence-corrected chi connectivity index (χ4v) is 9.64. The molecule has 12 rings (SSSR count). The molecule has 0 aromatic heterocycles. The van der Waals surface area contributed by atoms with Crippen molar-refractivity contribution in [3.8, 4) is 11.1 Å². The molecule has 0 bridgehead atoms. The number of hydrogen-bond acceptors (Lipinski definition) is 3. The highest BCUT2D eigenvalue weighted by atomic mass is 15.2. The van der Waals surface area contributed by atoms with Crippen molar-refractivity contribution in [2.45, 2.75) is 0 Å². The molecule has 1 aliphatic heterocycles. The zero-order valence-electron chi connectivity index (χ0n) is 33.4. The van der Waals surface area contributed by atoms with Gasteiger partial charge in [0, 0.05) is 49.6 Å². The Morgan fingerprint density at radius 3 is 1.39 bits per heavy atom. The number of anilines is 9. The maximum atomic E-state index is 2.51. The molecule has 286 valence electrons. The highest BCUT2D eigenvalue weighted by Crippen LogP contribution is 2.56. The smallest absolute Gasteiger partial charge is 0.0561 e. The third-order valence-electron chi connectivity index (χ3n) is 12.3. The maximum absolute atomic E-state index is 2.51. The van der Waals surface area contributed by atoms with Crippen molar-refractivity contribution in [1.82, 2.24) is 0 Å². The summed E-state index contributed by atoms with van der Waals surface area (Å²) < 4.78 is 0. The second-order valence-electron chi connectivity index (χ2n) is 15.7. The molecule has 3 nitrogen and oxygen atoms in total. The number of rotatable bonds is 7. The normalized spacial score (nSPS) is 11.9. The number of nitrogens with zero attached hydrogens (tertiary/aromatic N) is 3. The first-order valence-electron chi connectivity index (χ1n) is 20.9. The molecule has 0 spiro atoms. The van der Waals surface area contributed by atoms with Crippen LogP contribution in [0.3, 0.4) is 0 Å². The fraction of sp³-hybridized carbons (Fsp3) is 0. The lowest BCUT2D eigenvalue weighted by atomic mass is 9.88. The van der Waals surface area contributed by atoms with Crippen LogP contribution in [0.5, 0.6) is 0 Å².